The minimum atomic E-state index is -0.471. The largest absolute Gasteiger partial charge is 0.444 e. The predicted molar refractivity (Wildman–Crippen MR) is 70.6 cm³/mol. The van der Waals surface area contributed by atoms with E-state index in [1.165, 1.54) is 0 Å². The van der Waals surface area contributed by atoms with Crippen LogP contribution in [0.25, 0.3) is 4.85 Å². The van der Waals surface area contributed by atoms with Gasteiger partial charge in [-0.25, -0.2) is 9.64 Å². The van der Waals surface area contributed by atoms with Crippen LogP contribution >= 0.6 is 0 Å². The van der Waals surface area contributed by atoms with Crippen LogP contribution in [0.5, 0.6) is 0 Å². The molecule has 96 valence electrons. The number of hydrogen-bond donors (Lipinski definition) is 1. The Bertz CT molecular complexity index is 438. The Morgan fingerprint density at radius 2 is 1.94 bits per heavy atom. The van der Waals surface area contributed by atoms with E-state index < -0.39 is 11.7 Å². The third kappa shape index (κ3) is 5.35. The molecule has 0 saturated carbocycles. The normalized spacial score (nSPS) is 10.6. The average molecular weight is 246 g/mol. The smallest absolute Gasteiger partial charge is 0.407 e. The number of alkyl carbamates (subject to hydrolysis) is 1. The summed E-state index contributed by atoms with van der Waals surface area (Å²) in [5, 5.41) is 2.69. The van der Waals surface area contributed by atoms with Gasteiger partial charge in [0.1, 0.15) is 5.60 Å². The van der Waals surface area contributed by atoms with Crippen LogP contribution < -0.4 is 5.32 Å². The minimum absolute atomic E-state index is 0.403. The summed E-state index contributed by atoms with van der Waals surface area (Å²) in [6, 6.07) is 7.33. The molecule has 1 aromatic rings. The van der Waals surface area contributed by atoms with Crippen molar-refractivity contribution >= 4 is 11.8 Å². The zero-order valence-corrected chi connectivity index (χ0v) is 11.0. The summed E-state index contributed by atoms with van der Waals surface area (Å²) >= 11 is 0. The Morgan fingerprint density at radius 1 is 1.33 bits per heavy atom. The monoisotopic (exact) mass is 246 g/mol. The summed E-state index contributed by atoms with van der Waals surface area (Å²) < 4.78 is 5.12. The van der Waals surface area contributed by atoms with Gasteiger partial charge in [0.05, 0.1) is 6.57 Å². The maximum absolute atomic E-state index is 11.4. The lowest BCUT2D eigenvalue weighted by molar-refractivity contribution is 0.0528. The van der Waals surface area contributed by atoms with Crippen molar-refractivity contribution in [3.8, 4) is 0 Å². The van der Waals surface area contributed by atoms with Crippen molar-refractivity contribution in [2.45, 2.75) is 32.8 Å². The molecule has 1 aromatic carbocycles. The molecule has 0 radical (unpaired) electrons. The second-order valence-electron chi connectivity index (χ2n) is 4.96. The summed E-state index contributed by atoms with van der Waals surface area (Å²) in [4.78, 5) is 14.7. The molecular formula is C14H18N2O2. The number of ether oxygens (including phenoxy) is 1. The van der Waals surface area contributed by atoms with Gasteiger partial charge < -0.3 is 10.1 Å². The molecule has 0 atom stereocenters. The summed E-state index contributed by atoms with van der Waals surface area (Å²) in [7, 11) is 0. The van der Waals surface area contributed by atoms with Crippen molar-refractivity contribution < 1.29 is 9.53 Å². The van der Waals surface area contributed by atoms with Crippen molar-refractivity contribution in [3.05, 3.63) is 41.2 Å². The molecular weight excluding hydrogens is 228 g/mol. The van der Waals surface area contributed by atoms with E-state index in [1.807, 2.05) is 32.9 Å². The fraction of sp³-hybridized carbons (Fsp3) is 0.429. The Hall–Kier alpha value is -2.02. The van der Waals surface area contributed by atoms with Gasteiger partial charge >= 0.3 is 6.09 Å². The highest BCUT2D eigenvalue weighted by Crippen LogP contribution is 2.12. The zero-order chi connectivity index (χ0) is 13.6. The Balaban J connectivity index is 2.33. The molecule has 1 amide bonds. The fourth-order valence-electron chi connectivity index (χ4n) is 1.36. The lowest BCUT2D eigenvalue weighted by atomic mass is 10.1. The van der Waals surface area contributed by atoms with E-state index >= 15 is 0 Å². The van der Waals surface area contributed by atoms with Crippen LogP contribution in [0.15, 0.2) is 24.3 Å². The van der Waals surface area contributed by atoms with Gasteiger partial charge in [-0.1, -0.05) is 24.3 Å². The first kappa shape index (κ1) is 14.0. The van der Waals surface area contributed by atoms with E-state index in [4.69, 9.17) is 11.3 Å². The van der Waals surface area contributed by atoms with Crippen LogP contribution in [0.4, 0.5) is 10.5 Å². The number of nitrogens with one attached hydrogen (secondary N) is 1. The molecule has 0 unspecified atom stereocenters. The molecule has 0 fully saturated rings. The van der Waals surface area contributed by atoms with Gasteiger partial charge in [-0.15, -0.1) is 0 Å². The van der Waals surface area contributed by atoms with E-state index in [1.54, 1.807) is 12.1 Å². The van der Waals surface area contributed by atoms with Gasteiger partial charge in [0.15, 0.2) is 5.69 Å². The number of benzene rings is 1. The van der Waals surface area contributed by atoms with E-state index in [9.17, 15) is 4.79 Å². The molecule has 0 aliphatic carbocycles. The molecule has 18 heavy (non-hydrogen) atoms. The van der Waals surface area contributed by atoms with Crippen molar-refractivity contribution in [2.75, 3.05) is 6.54 Å². The number of carbonyl (C=O) groups is 1. The van der Waals surface area contributed by atoms with Crippen LogP contribution in [0.3, 0.4) is 0 Å². The Kier molecular flexibility index (Phi) is 4.73. The summed E-state index contributed by atoms with van der Waals surface area (Å²) in [6.07, 6.45) is 0.317. The molecule has 0 aromatic heterocycles. The molecule has 1 rings (SSSR count). The van der Waals surface area contributed by atoms with E-state index in [2.05, 4.69) is 10.2 Å². The number of amides is 1. The van der Waals surface area contributed by atoms with E-state index in [-0.39, 0.29) is 0 Å². The molecule has 0 bridgehead atoms. The van der Waals surface area contributed by atoms with Crippen molar-refractivity contribution in [1.29, 1.82) is 0 Å². The van der Waals surface area contributed by atoms with Gasteiger partial charge in [-0.2, -0.15) is 0 Å². The van der Waals surface area contributed by atoms with Gasteiger partial charge in [0.25, 0.3) is 0 Å². The molecule has 4 heteroatoms. The fourth-order valence-corrected chi connectivity index (χ4v) is 1.36. The van der Waals surface area contributed by atoms with Gasteiger partial charge in [-0.05, 0) is 32.8 Å². The van der Waals surface area contributed by atoms with Gasteiger partial charge in [-0.3, -0.25) is 0 Å². The lowest BCUT2D eigenvalue weighted by Gasteiger charge is -2.19. The quantitative estimate of drug-likeness (QED) is 0.831. The van der Waals surface area contributed by atoms with Crippen molar-refractivity contribution in [1.82, 2.24) is 5.32 Å². The number of carbonyl (C=O) groups excluding carboxylic acids is 1. The number of hydrogen-bond acceptors (Lipinski definition) is 2. The molecule has 0 spiro atoms. The van der Waals surface area contributed by atoms with Crippen LogP contribution in [-0.2, 0) is 11.2 Å². The first-order valence-corrected chi connectivity index (χ1v) is 5.84. The van der Waals surface area contributed by atoms with Crippen LogP contribution in [0, 0.1) is 6.57 Å². The molecule has 0 aliphatic heterocycles. The van der Waals surface area contributed by atoms with Crippen molar-refractivity contribution in [3.63, 3.8) is 0 Å². The molecule has 1 N–H and O–H groups in total. The second kappa shape index (κ2) is 6.06. The second-order valence-corrected chi connectivity index (χ2v) is 4.96. The molecule has 0 saturated heterocycles. The summed E-state index contributed by atoms with van der Waals surface area (Å²) in [5.41, 5.74) is 1.23. The number of nitrogens with zero attached hydrogens (tertiary/aromatic N) is 1. The maximum Gasteiger partial charge on any atom is 0.407 e. The Morgan fingerprint density at radius 3 is 2.44 bits per heavy atom. The van der Waals surface area contributed by atoms with Gasteiger partial charge in [0, 0.05) is 6.54 Å². The third-order valence-corrected chi connectivity index (χ3v) is 2.15. The summed E-state index contributed by atoms with van der Waals surface area (Å²) in [5.74, 6) is 0. The molecule has 0 aliphatic rings. The zero-order valence-electron chi connectivity index (χ0n) is 11.0. The highest BCUT2D eigenvalue weighted by Gasteiger charge is 2.15. The Labute approximate surface area is 108 Å². The maximum atomic E-state index is 11.4. The van der Waals surface area contributed by atoms with Crippen molar-refractivity contribution in [2.24, 2.45) is 0 Å². The lowest BCUT2D eigenvalue weighted by Crippen LogP contribution is -2.33. The standard InChI is InChI=1S/C14H18N2O2/c1-14(2,3)18-13(17)16-10-9-11-5-7-12(15-4)8-6-11/h5-8H,9-10H2,1-3H3,(H,16,17). The van der Waals surface area contributed by atoms with Crippen LogP contribution in [0.1, 0.15) is 26.3 Å². The first-order valence-electron chi connectivity index (χ1n) is 5.84. The van der Waals surface area contributed by atoms with Gasteiger partial charge in [0.2, 0.25) is 0 Å². The van der Waals surface area contributed by atoms with E-state index in [0.717, 1.165) is 12.0 Å². The SMILES string of the molecule is [C-]#[N+]c1ccc(CCNC(=O)OC(C)(C)C)cc1. The van der Waals surface area contributed by atoms with Crippen LogP contribution in [-0.4, -0.2) is 18.2 Å². The highest BCUT2D eigenvalue weighted by atomic mass is 16.6. The highest BCUT2D eigenvalue weighted by molar-refractivity contribution is 5.67. The topological polar surface area (TPSA) is 42.7 Å². The average Bonchev–Trinajstić information content (AvgIpc) is 2.27. The van der Waals surface area contributed by atoms with E-state index in [0.29, 0.717) is 12.2 Å². The number of rotatable bonds is 3. The summed E-state index contributed by atoms with van der Waals surface area (Å²) in [6.45, 7) is 12.9. The molecule has 0 heterocycles. The predicted octanol–water partition coefficient (Wildman–Crippen LogP) is 3.30. The molecule has 4 nitrogen and oxygen atoms in total. The third-order valence-electron chi connectivity index (χ3n) is 2.15. The van der Waals surface area contributed by atoms with Crippen LogP contribution in [0.2, 0.25) is 0 Å². The first-order chi connectivity index (χ1) is 8.40. The minimum Gasteiger partial charge on any atom is -0.444 e.